The Labute approximate surface area is 191 Å². The van der Waals surface area contributed by atoms with Crippen LogP contribution in [0, 0.1) is 41.4 Å². The van der Waals surface area contributed by atoms with Gasteiger partial charge in [-0.15, -0.1) is 0 Å². The summed E-state index contributed by atoms with van der Waals surface area (Å²) in [5.41, 5.74) is 0. The second-order valence-electron chi connectivity index (χ2n) is 10.7. The van der Waals surface area contributed by atoms with Crippen molar-refractivity contribution in [2.75, 3.05) is 0 Å². The minimum Gasteiger partial charge on any atom is -0.426 e. The number of rotatable bonds is 9. The summed E-state index contributed by atoms with van der Waals surface area (Å²) in [6, 6.07) is 9.54. The molecule has 2 heteroatoms. The van der Waals surface area contributed by atoms with E-state index in [0.29, 0.717) is 17.6 Å². The Morgan fingerprint density at radius 1 is 0.871 bits per heavy atom. The van der Waals surface area contributed by atoms with E-state index >= 15 is 0 Å². The number of hydrogen-bond acceptors (Lipinski definition) is 2. The van der Waals surface area contributed by atoms with E-state index in [9.17, 15) is 4.79 Å². The number of esters is 1. The highest BCUT2D eigenvalue weighted by molar-refractivity contribution is 5.75. The van der Waals surface area contributed by atoms with Gasteiger partial charge < -0.3 is 4.74 Å². The Bertz CT molecular complexity index is 638. The van der Waals surface area contributed by atoms with Gasteiger partial charge in [0, 0.05) is 0 Å². The molecule has 0 radical (unpaired) electrons. The number of hydrogen-bond donors (Lipinski definition) is 0. The third-order valence-corrected chi connectivity index (χ3v) is 8.97. The van der Waals surface area contributed by atoms with Crippen LogP contribution in [-0.4, -0.2) is 5.97 Å². The molecule has 0 aliphatic heterocycles. The smallest absolute Gasteiger partial charge is 0.314 e. The zero-order valence-electron chi connectivity index (χ0n) is 20.5. The first kappa shape index (κ1) is 24.3. The largest absolute Gasteiger partial charge is 0.426 e. The van der Waals surface area contributed by atoms with E-state index in [1.54, 1.807) is 0 Å². The van der Waals surface area contributed by atoms with E-state index in [-0.39, 0.29) is 11.9 Å². The highest BCUT2D eigenvalue weighted by atomic mass is 16.5. The molecule has 2 aliphatic carbocycles. The molecule has 0 heterocycles. The first-order valence-corrected chi connectivity index (χ1v) is 13.3. The third-order valence-electron chi connectivity index (χ3n) is 8.97. The van der Waals surface area contributed by atoms with Gasteiger partial charge >= 0.3 is 5.97 Å². The van der Waals surface area contributed by atoms with Crippen LogP contribution >= 0.6 is 0 Å². The Hall–Kier alpha value is -1.31. The predicted molar refractivity (Wildman–Crippen MR) is 130 cm³/mol. The van der Waals surface area contributed by atoms with Gasteiger partial charge in [-0.3, -0.25) is 4.79 Å². The van der Waals surface area contributed by atoms with Gasteiger partial charge in [-0.25, -0.2) is 0 Å². The maximum Gasteiger partial charge on any atom is 0.314 e. The van der Waals surface area contributed by atoms with Crippen LogP contribution in [0.3, 0.4) is 0 Å². The molecule has 174 valence electrons. The molecule has 3 atom stereocenters. The van der Waals surface area contributed by atoms with Gasteiger partial charge in [-0.2, -0.15) is 0 Å². The second-order valence-corrected chi connectivity index (χ2v) is 10.7. The molecule has 2 aliphatic rings. The lowest BCUT2D eigenvalue weighted by Crippen LogP contribution is -2.34. The molecular weight excluding hydrogens is 380 g/mol. The molecule has 3 rings (SSSR count). The Balaban J connectivity index is 1.47. The van der Waals surface area contributed by atoms with E-state index < -0.39 is 0 Å². The lowest BCUT2D eigenvalue weighted by Gasteiger charge is -2.41. The lowest BCUT2D eigenvalue weighted by atomic mass is 9.65. The molecule has 0 saturated heterocycles. The first-order chi connectivity index (χ1) is 15.0. The van der Waals surface area contributed by atoms with Crippen LogP contribution in [0.25, 0.3) is 0 Å². The van der Waals surface area contributed by atoms with E-state index in [1.807, 2.05) is 30.3 Å². The Morgan fingerprint density at radius 3 is 1.97 bits per heavy atom. The van der Waals surface area contributed by atoms with Crippen LogP contribution in [0.15, 0.2) is 30.3 Å². The lowest BCUT2D eigenvalue weighted by molar-refractivity contribution is -0.141. The zero-order chi connectivity index (χ0) is 22.2. The highest BCUT2D eigenvalue weighted by Crippen LogP contribution is 2.45. The van der Waals surface area contributed by atoms with Gasteiger partial charge in [0.25, 0.3) is 0 Å². The average Bonchev–Trinajstić information content (AvgIpc) is 2.80. The summed E-state index contributed by atoms with van der Waals surface area (Å²) in [5.74, 6) is 5.44. The van der Waals surface area contributed by atoms with Crippen LogP contribution in [-0.2, 0) is 4.79 Å². The van der Waals surface area contributed by atoms with Gasteiger partial charge in [0.1, 0.15) is 5.75 Å². The zero-order valence-corrected chi connectivity index (χ0v) is 20.5. The van der Waals surface area contributed by atoms with Crippen molar-refractivity contribution in [3.8, 4) is 5.75 Å². The maximum atomic E-state index is 12.9. The molecule has 0 spiro atoms. The summed E-state index contributed by atoms with van der Waals surface area (Å²) in [6.07, 6.45) is 14.8. The number of ether oxygens (including phenoxy) is 1. The van der Waals surface area contributed by atoms with Gasteiger partial charge in [0.2, 0.25) is 0 Å². The molecule has 31 heavy (non-hydrogen) atoms. The van der Waals surface area contributed by atoms with Crippen molar-refractivity contribution in [3.05, 3.63) is 30.3 Å². The van der Waals surface area contributed by atoms with Crippen molar-refractivity contribution in [2.24, 2.45) is 41.4 Å². The number of carbonyl (C=O) groups is 1. The number of para-hydroxylation sites is 1. The van der Waals surface area contributed by atoms with Gasteiger partial charge in [-0.05, 0) is 92.6 Å². The second kappa shape index (κ2) is 12.1. The molecule has 0 N–H and O–H groups in total. The van der Waals surface area contributed by atoms with Gasteiger partial charge in [0.15, 0.2) is 0 Å². The summed E-state index contributed by atoms with van der Waals surface area (Å²) in [5, 5.41) is 0. The third kappa shape index (κ3) is 6.59. The summed E-state index contributed by atoms with van der Waals surface area (Å²) in [7, 11) is 0. The topological polar surface area (TPSA) is 26.3 Å². The molecular formula is C29H46O2. The molecule has 1 aromatic rings. The Kier molecular flexibility index (Phi) is 9.48. The molecule has 3 unspecified atom stereocenters. The molecule has 0 amide bonds. The Morgan fingerprint density at radius 2 is 1.42 bits per heavy atom. The van der Waals surface area contributed by atoms with Crippen molar-refractivity contribution in [2.45, 2.75) is 98.3 Å². The van der Waals surface area contributed by atoms with Crippen LogP contribution in [0.4, 0.5) is 0 Å². The van der Waals surface area contributed by atoms with E-state index in [0.717, 1.165) is 30.1 Å². The fourth-order valence-corrected chi connectivity index (χ4v) is 6.75. The standard InChI is InChI=1S/C29H46O2/c1-5-10-23-13-15-24(16-14-23)21(3)25-17-19-26(20-18-25)22(4)28(6-2)29(30)31-27-11-8-7-9-12-27/h7-9,11-12,21-26,28H,5-6,10,13-20H2,1-4H3. The number of carbonyl (C=O) groups excluding carboxylic acids is 1. The molecule has 2 nitrogen and oxygen atoms in total. The molecule has 2 fully saturated rings. The van der Waals surface area contributed by atoms with Crippen molar-refractivity contribution >= 4 is 5.97 Å². The van der Waals surface area contributed by atoms with Crippen LogP contribution < -0.4 is 4.74 Å². The first-order valence-electron chi connectivity index (χ1n) is 13.3. The van der Waals surface area contributed by atoms with Crippen LogP contribution in [0.1, 0.15) is 98.3 Å². The normalized spacial score (nSPS) is 29.7. The van der Waals surface area contributed by atoms with Crippen molar-refractivity contribution in [1.82, 2.24) is 0 Å². The molecule has 0 aromatic heterocycles. The monoisotopic (exact) mass is 426 g/mol. The average molecular weight is 427 g/mol. The summed E-state index contributed by atoms with van der Waals surface area (Å²) in [6.45, 7) is 9.31. The van der Waals surface area contributed by atoms with E-state index in [2.05, 4.69) is 27.7 Å². The minimum atomic E-state index is -0.0412. The highest BCUT2D eigenvalue weighted by Gasteiger charge is 2.36. The summed E-state index contributed by atoms with van der Waals surface area (Å²) in [4.78, 5) is 12.9. The molecule has 0 bridgehead atoms. The summed E-state index contributed by atoms with van der Waals surface area (Å²) >= 11 is 0. The summed E-state index contributed by atoms with van der Waals surface area (Å²) < 4.78 is 5.71. The van der Waals surface area contributed by atoms with Crippen molar-refractivity contribution < 1.29 is 9.53 Å². The fraction of sp³-hybridized carbons (Fsp3) is 0.759. The van der Waals surface area contributed by atoms with Gasteiger partial charge in [-0.1, -0.05) is 71.6 Å². The van der Waals surface area contributed by atoms with Crippen molar-refractivity contribution in [1.29, 1.82) is 0 Å². The van der Waals surface area contributed by atoms with E-state index in [4.69, 9.17) is 4.74 Å². The van der Waals surface area contributed by atoms with Crippen LogP contribution in [0.5, 0.6) is 5.75 Å². The van der Waals surface area contributed by atoms with Crippen LogP contribution in [0.2, 0.25) is 0 Å². The molecule has 1 aromatic carbocycles. The minimum absolute atomic E-state index is 0.00743. The number of benzene rings is 1. The van der Waals surface area contributed by atoms with E-state index in [1.165, 1.54) is 64.2 Å². The molecule has 2 saturated carbocycles. The maximum absolute atomic E-state index is 12.9. The van der Waals surface area contributed by atoms with Gasteiger partial charge in [0.05, 0.1) is 5.92 Å². The quantitative estimate of drug-likeness (QED) is 0.293. The SMILES string of the molecule is CCCC1CCC(C(C)C2CCC(C(C)C(CC)C(=O)Oc3ccccc3)CC2)CC1. The van der Waals surface area contributed by atoms with Crippen molar-refractivity contribution in [3.63, 3.8) is 0 Å². The predicted octanol–water partition coefficient (Wildman–Crippen LogP) is 8.30. The fourth-order valence-electron chi connectivity index (χ4n) is 6.75.